The van der Waals surface area contributed by atoms with Crippen molar-refractivity contribution in [3.8, 4) is 0 Å². The number of nitrogens with two attached hydrogens (primary N) is 1. The molecule has 1 aromatic heterocycles. The average Bonchev–Trinajstić information content (AvgIpc) is 2.68. The van der Waals surface area contributed by atoms with Gasteiger partial charge in [-0.15, -0.1) is 0 Å². The Hall–Kier alpha value is -1.82. The van der Waals surface area contributed by atoms with Gasteiger partial charge in [0, 0.05) is 19.7 Å². The first-order valence-electron chi connectivity index (χ1n) is 6.47. The molecule has 2 rings (SSSR count). The number of rotatable bonds is 3. The van der Waals surface area contributed by atoms with Gasteiger partial charge in [0.15, 0.2) is 0 Å². The normalized spacial score (nSPS) is 15.9. The Balaban J connectivity index is 2.29. The minimum atomic E-state index is -0.387. The van der Waals surface area contributed by atoms with Gasteiger partial charge < -0.3 is 20.1 Å². The molecule has 1 saturated heterocycles. The van der Waals surface area contributed by atoms with Crippen molar-refractivity contribution in [2.75, 3.05) is 43.5 Å². The summed E-state index contributed by atoms with van der Waals surface area (Å²) in [6, 6.07) is 1.62. The summed E-state index contributed by atoms with van der Waals surface area (Å²) in [6.45, 7) is 4.99. The molecule has 0 aliphatic carbocycles. The van der Waals surface area contributed by atoms with Gasteiger partial charge in [0.1, 0.15) is 11.4 Å². The van der Waals surface area contributed by atoms with Gasteiger partial charge in [0.2, 0.25) is 0 Å². The molecule has 0 spiro atoms. The largest absolute Gasteiger partial charge is 0.462 e. The monoisotopic (exact) mass is 265 g/mol. The topological polar surface area (TPSA) is 77.7 Å². The maximum atomic E-state index is 12.0. The van der Waals surface area contributed by atoms with E-state index in [4.69, 9.17) is 15.2 Å². The molecule has 104 valence electrons. The molecule has 0 unspecified atom stereocenters. The van der Waals surface area contributed by atoms with Crippen LogP contribution in [0.3, 0.4) is 0 Å². The van der Waals surface area contributed by atoms with Crippen LogP contribution in [0.4, 0.5) is 11.5 Å². The molecule has 19 heavy (non-hydrogen) atoms. The molecule has 0 aromatic carbocycles. The summed E-state index contributed by atoms with van der Waals surface area (Å²) >= 11 is 0. The molecule has 0 amide bonds. The molecule has 2 N–H and O–H groups in total. The Kier molecular flexibility index (Phi) is 4.57. The highest BCUT2D eigenvalue weighted by molar-refractivity contribution is 5.95. The van der Waals surface area contributed by atoms with Crippen LogP contribution in [0.5, 0.6) is 0 Å². The van der Waals surface area contributed by atoms with Gasteiger partial charge in [0.05, 0.1) is 25.1 Å². The van der Waals surface area contributed by atoms with Gasteiger partial charge in [0.25, 0.3) is 0 Å². The van der Waals surface area contributed by atoms with Crippen LogP contribution in [0.1, 0.15) is 23.7 Å². The molecular formula is C13H19N3O3. The van der Waals surface area contributed by atoms with E-state index in [0.717, 1.165) is 19.6 Å². The van der Waals surface area contributed by atoms with E-state index in [9.17, 15) is 4.79 Å². The molecule has 2 heterocycles. The Labute approximate surface area is 112 Å². The highest BCUT2D eigenvalue weighted by Crippen LogP contribution is 2.22. The van der Waals surface area contributed by atoms with Crippen molar-refractivity contribution in [2.45, 2.75) is 13.3 Å². The number of nitrogen functional groups attached to an aromatic ring is 1. The van der Waals surface area contributed by atoms with E-state index in [1.165, 1.54) is 0 Å². The van der Waals surface area contributed by atoms with Gasteiger partial charge in [-0.25, -0.2) is 9.78 Å². The smallest absolute Gasteiger partial charge is 0.341 e. The lowest BCUT2D eigenvalue weighted by molar-refractivity contribution is 0.0526. The summed E-state index contributed by atoms with van der Waals surface area (Å²) < 4.78 is 10.5. The van der Waals surface area contributed by atoms with Gasteiger partial charge in [-0.3, -0.25) is 0 Å². The van der Waals surface area contributed by atoms with Crippen LogP contribution < -0.4 is 10.6 Å². The average molecular weight is 265 g/mol. The van der Waals surface area contributed by atoms with Gasteiger partial charge in [-0.2, -0.15) is 0 Å². The van der Waals surface area contributed by atoms with E-state index in [2.05, 4.69) is 4.98 Å². The number of esters is 1. The van der Waals surface area contributed by atoms with E-state index in [0.29, 0.717) is 36.8 Å². The third-order valence-electron chi connectivity index (χ3n) is 2.90. The number of hydrogen-bond donors (Lipinski definition) is 1. The highest BCUT2D eigenvalue weighted by Gasteiger charge is 2.20. The summed E-state index contributed by atoms with van der Waals surface area (Å²) in [5, 5.41) is 0. The van der Waals surface area contributed by atoms with Crippen molar-refractivity contribution in [3.63, 3.8) is 0 Å². The number of anilines is 2. The summed E-state index contributed by atoms with van der Waals surface area (Å²) in [7, 11) is 0. The maximum absolute atomic E-state index is 12.0. The molecule has 0 bridgehead atoms. The molecule has 0 radical (unpaired) electrons. The zero-order valence-electron chi connectivity index (χ0n) is 11.1. The first-order chi connectivity index (χ1) is 9.22. The van der Waals surface area contributed by atoms with Crippen LogP contribution in [0.2, 0.25) is 0 Å². The summed E-state index contributed by atoms with van der Waals surface area (Å²) in [5.74, 6) is 0.237. The minimum absolute atomic E-state index is 0.330. The molecule has 0 saturated carbocycles. The van der Waals surface area contributed by atoms with Crippen molar-refractivity contribution >= 4 is 17.5 Å². The second-order valence-electron chi connectivity index (χ2n) is 4.31. The van der Waals surface area contributed by atoms with Crippen molar-refractivity contribution in [1.29, 1.82) is 0 Å². The summed E-state index contributed by atoms with van der Waals surface area (Å²) in [6.07, 6.45) is 2.47. The Morgan fingerprint density at radius 3 is 3.16 bits per heavy atom. The van der Waals surface area contributed by atoms with Crippen molar-refractivity contribution in [3.05, 3.63) is 17.8 Å². The Morgan fingerprint density at radius 1 is 1.53 bits per heavy atom. The van der Waals surface area contributed by atoms with Gasteiger partial charge >= 0.3 is 5.97 Å². The molecular weight excluding hydrogens is 246 g/mol. The SMILES string of the molecule is CCOC(=O)c1cc(N)cnc1N1CCCOCC1. The van der Waals surface area contributed by atoms with Crippen LogP contribution in [0, 0.1) is 0 Å². The van der Waals surface area contributed by atoms with E-state index in [1.807, 2.05) is 4.90 Å². The van der Waals surface area contributed by atoms with Gasteiger partial charge in [-0.1, -0.05) is 0 Å². The van der Waals surface area contributed by atoms with Crippen LogP contribution >= 0.6 is 0 Å². The fourth-order valence-corrected chi connectivity index (χ4v) is 2.04. The predicted octanol–water partition coefficient (Wildman–Crippen LogP) is 1.07. The third kappa shape index (κ3) is 3.35. The van der Waals surface area contributed by atoms with E-state index < -0.39 is 0 Å². The number of ether oxygens (including phenoxy) is 2. The van der Waals surface area contributed by atoms with Crippen LogP contribution in [-0.2, 0) is 9.47 Å². The molecule has 6 nitrogen and oxygen atoms in total. The number of nitrogens with zero attached hydrogens (tertiary/aromatic N) is 2. The van der Waals surface area contributed by atoms with Gasteiger partial charge in [-0.05, 0) is 19.4 Å². The standard InChI is InChI=1S/C13H19N3O3/c1-2-19-13(17)11-8-10(14)9-15-12(11)16-4-3-6-18-7-5-16/h8-9H,2-7,14H2,1H3. The fraction of sp³-hybridized carbons (Fsp3) is 0.538. The first kappa shape index (κ1) is 13.6. The van der Waals surface area contributed by atoms with Crippen LogP contribution in [0.25, 0.3) is 0 Å². The zero-order valence-corrected chi connectivity index (χ0v) is 11.1. The first-order valence-corrected chi connectivity index (χ1v) is 6.47. The van der Waals surface area contributed by atoms with E-state index in [-0.39, 0.29) is 5.97 Å². The lowest BCUT2D eigenvalue weighted by Gasteiger charge is -2.23. The number of aromatic nitrogens is 1. The van der Waals surface area contributed by atoms with Crippen molar-refractivity contribution in [2.24, 2.45) is 0 Å². The molecule has 1 aliphatic heterocycles. The minimum Gasteiger partial charge on any atom is -0.462 e. The number of pyridine rings is 1. The number of carbonyl (C=O) groups is 1. The summed E-state index contributed by atoms with van der Waals surface area (Å²) in [5.41, 5.74) is 6.58. The van der Waals surface area contributed by atoms with E-state index >= 15 is 0 Å². The lowest BCUT2D eigenvalue weighted by Crippen LogP contribution is -2.29. The number of hydrogen-bond acceptors (Lipinski definition) is 6. The molecule has 1 aliphatic rings. The van der Waals surface area contributed by atoms with E-state index in [1.54, 1.807) is 19.2 Å². The molecule has 1 fully saturated rings. The third-order valence-corrected chi connectivity index (χ3v) is 2.90. The lowest BCUT2D eigenvalue weighted by atomic mass is 10.2. The zero-order chi connectivity index (χ0) is 13.7. The second-order valence-corrected chi connectivity index (χ2v) is 4.31. The molecule has 6 heteroatoms. The van der Waals surface area contributed by atoms with Crippen LogP contribution in [0.15, 0.2) is 12.3 Å². The second kappa shape index (κ2) is 6.38. The quantitative estimate of drug-likeness (QED) is 0.824. The Morgan fingerprint density at radius 2 is 2.37 bits per heavy atom. The van der Waals surface area contributed by atoms with Crippen molar-refractivity contribution < 1.29 is 14.3 Å². The fourth-order valence-electron chi connectivity index (χ4n) is 2.04. The van der Waals surface area contributed by atoms with Crippen molar-refractivity contribution in [1.82, 2.24) is 4.98 Å². The van der Waals surface area contributed by atoms with Crippen LogP contribution in [-0.4, -0.2) is 43.9 Å². The number of carbonyl (C=O) groups excluding carboxylic acids is 1. The predicted molar refractivity (Wildman–Crippen MR) is 72.3 cm³/mol. The maximum Gasteiger partial charge on any atom is 0.341 e. The molecule has 1 aromatic rings. The Bertz CT molecular complexity index is 443. The molecule has 0 atom stereocenters. The summed E-state index contributed by atoms with van der Waals surface area (Å²) in [4.78, 5) is 18.3. The highest BCUT2D eigenvalue weighted by atomic mass is 16.5.